The van der Waals surface area contributed by atoms with Gasteiger partial charge in [0.25, 0.3) is 0 Å². The lowest BCUT2D eigenvalue weighted by molar-refractivity contribution is 0.00152. The SMILES string of the molecule is CCOCC(O)CN(CC)C1CCCCC1CN. The van der Waals surface area contributed by atoms with E-state index in [-0.39, 0.29) is 6.10 Å². The Morgan fingerprint density at radius 3 is 2.67 bits per heavy atom. The monoisotopic (exact) mass is 258 g/mol. The molecule has 0 amide bonds. The fraction of sp³-hybridized carbons (Fsp3) is 1.00. The lowest BCUT2D eigenvalue weighted by Gasteiger charge is -2.40. The number of aliphatic hydroxyl groups is 1. The van der Waals surface area contributed by atoms with E-state index in [4.69, 9.17) is 10.5 Å². The summed E-state index contributed by atoms with van der Waals surface area (Å²) >= 11 is 0. The van der Waals surface area contributed by atoms with Crippen LogP contribution < -0.4 is 5.73 Å². The number of hydrogen-bond donors (Lipinski definition) is 2. The molecule has 0 radical (unpaired) electrons. The van der Waals surface area contributed by atoms with Crippen molar-refractivity contribution in [3.05, 3.63) is 0 Å². The summed E-state index contributed by atoms with van der Waals surface area (Å²) in [7, 11) is 0. The molecule has 3 atom stereocenters. The fourth-order valence-electron chi connectivity index (χ4n) is 3.02. The molecule has 108 valence electrons. The van der Waals surface area contributed by atoms with Crippen molar-refractivity contribution >= 4 is 0 Å². The van der Waals surface area contributed by atoms with Crippen LogP contribution in [-0.2, 0) is 4.74 Å². The van der Waals surface area contributed by atoms with Crippen LogP contribution >= 0.6 is 0 Å². The lowest BCUT2D eigenvalue weighted by Crippen LogP contribution is -2.48. The molecule has 0 bridgehead atoms. The molecular formula is C14H30N2O2. The van der Waals surface area contributed by atoms with Crippen LogP contribution in [0.5, 0.6) is 0 Å². The van der Waals surface area contributed by atoms with Gasteiger partial charge in [-0.15, -0.1) is 0 Å². The molecule has 1 aliphatic rings. The predicted octanol–water partition coefficient (Wildman–Crippen LogP) is 1.22. The molecule has 3 unspecified atom stereocenters. The van der Waals surface area contributed by atoms with Gasteiger partial charge in [-0.05, 0) is 38.8 Å². The minimum Gasteiger partial charge on any atom is -0.389 e. The maximum Gasteiger partial charge on any atom is 0.0900 e. The van der Waals surface area contributed by atoms with Crippen LogP contribution in [-0.4, -0.2) is 55.0 Å². The Morgan fingerprint density at radius 2 is 2.06 bits per heavy atom. The summed E-state index contributed by atoms with van der Waals surface area (Å²) < 4.78 is 5.28. The van der Waals surface area contributed by atoms with Crippen molar-refractivity contribution in [3.8, 4) is 0 Å². The van der Waals surface area contributed by atoms with E-state index in [1.54, 1.807) is 0 Å². The van der Waals surface area contributed by atoms with Crippen molar-refractivity contribution in [1.82, 2.24) is 4.90 Å². The van der Waals surface area contributed by atoms with Crippen LogP contribution in [0.4, 0.5) is 0 Å². The molecule has 0 spiro atoms. The van der Waals surface area contributed by atoms with Crippen molar-refractivity contribution in [2.45, 2.75) is 51.7 Å². The summed E-state index contributed by atoms with van der Waals surface area (Å²) in [5.41, 5.74) is 5.88. The Labute approximate surface area is 111 Å². The van der Waals surface area contributed by atoms with Crippen LogP contribution in [0, 0.1) is 5.92 Å². The summed E-state index contributed by atoms with van der Waals surface area (Å²) in [5.74, 6) is 0.595. The molecule has 1 saturated carbocycles. The first-order valence-corrected chi connectivity index (χ1v) is 7.42. The average Bonchev–Trinajstić information content (AvgIpc) is 2.42. The van der Waals surface area contributed by atoms with Gasteiger partial charge in [-0.25, -0.2) is 0 Å². The van der Waals surface area contributed by atoms with E-state index >= 15 is 0 Å². The molecule has 1 rings (SSSR count). The molecule has 3 N–H and O–H groups in total. The Hall–Kier alpha value is -0.160. The third kappa shape index (κ3) is 4.84. The van der Waals surface area contributed by atoms with E-state index in [2.05, 4.69) is 11.8 Å². The molecule has 4 nitrogen and oxygen atoms in total. The second-order valence-corrected chi connectivity index (χ2v) is 5.25. The highest BCUT2D eigenvalue weighted by atomic mass is 16.5. The highest BCUT2D eigenvalue weighted by Gasteiger charge is 2.29. The second kappa shape index (κ2) is 8.86. The van der Waals surface area contributed by atoms with Gasteiger partial charge in [-0.1, -0.05) is 19.8 Å². The topological polar surface area (TPSA) is 58.7 Å². The first-order valence-electron chi connectivity index (χ1n) is 7.42. The zero-order valence-corrected chi connectivity index (χ0v) is 12.0. The molecule has 1 fully saturated rings. The largest absolute Gasteiger partial charge is 0.389 e. The average molecular weight is 258 g/mol. The van der Waals surface area contributed by atoms with Crippen molar-refractivity contribution in [2.75, 3.05) is 32.8 Å². The molecule has 0 heterocycles. The summed E-state index contributed by atoms with van der Waals surface area (Å²) in [6, 6.07) is 0.546. The van der Waals surface area contributed by atoms with Crippen molar-refractivity contribution in [2.24, 2.45) is 11.7 Å². The van der Waals surface area contributed by atoms with Gasteiger partial charge in [0.15, 0.2) is 0 Å². The van der Waals surface area contributed by atoms with Gasteiger partial charge in [0.1, 0.15) is 0 Å². The number of nitrogens with two attached hydrogens (primary N) is 1. The summed E-state index contributed by atoms with van der Waals surface area (Å²) in [4.78, 5) is 2.39. The molecule has 1 aliphatic carbocycles. The molecule has 0 aromatic rings. The number of rotatable bonds is 8. The Balaban J connectivity index is 2.47. The third-order valence-corrected chi connectivity index (χ3v) is 4.01. The highest BCUT2D eigenvalue weighted by molar-refractivity contribution is 4.84. The van der Waals surface area contributed by atoms with Gasteiger partial charge in [-0.2, -0.15) is 0 Å². The Bertz CT molecular complexity index is 214. The number of likely N-dealkylation sites (N-methyl/N-ethyl adjacent to an activating group) is 1. The standard InChI is InChI=1S/C14H30N2O2/c1-3-16(10-13(17)11-18-4-2)14-8-6-5-7-12(14)9-15/h12-14,17H,3-11,15H2,1-2H3. The molecule has 18 heavy (non-hydrogen) atoms. The molecule has 4 heteroatoms. The van der Waals surface area contributed by atoms with E-state index in [9.17, 15) is 5.11 Å². The molecule has 0 saturated heterocycles. The van der Waals surface area contributed by atoms with Gasteiger partial charge in [0.2, 0.25) is 0 Å². The van der Waals surface area contributed by atoms with Gasteiger partial charge in [0, 0.05) is 19.2 Å². The second-order valence-electron chi connectivity index (χ2n) is 5.25. The number of nitrogens with zero attached hydrogens (tertiary/aromatic N) is 1. The lowest BCUT2D eigenvalue weighted by atomic mass is 9.83. The van der Waals surface area contributed by atoms with Crippen molar-refractivity contribution in [1.29, 1.82) is 0 Å². The third-order valence-electron chi connectivity index (χ3n) is 4.01. The quantitative estimate of drug-likeness (QED) is 0.687. The maximum atomic E-state index is 9.97. The zero-order chi connectivity index (χ0) is 13.4. The Kier molecular flexibility index (Phi) is 7.82. The van der Waals surface area contributed by atoms with E-state index < -0.39 is 0 Å². The minimum atomic E-state index is -0.384. The van der Waals surface area contributed by atoms with Crippen LogP contribution in [0.2, 0.25) is 0 Å². The molecule has 0 aromatic carbocycles. The van der Waals surface area contributed by atoms with Crippen LogP contribution in [0.25, 0.3) is 0 Å². The van der Waals surface area contributed by atoms with Gasteiger partial charge < -0.3 is 15.6 Å². The fourth-order valence-corrected chi connectivity index (χ4v) is 3.02. The highest BCUT2D eigenvalue weighted by Crippen LogP contribution is 2.27. The van der Waals surface area contributed by atoms with E-state index in [1.807, 2.05) is 6.92 Å². The van der Waals surface area contributed by atoms with E-state index in [1.165, 1.54) is 25.7 Å². The molecule has 0 aromatic heterocycles. The Morgan fingerprint density at radius 1 is 1.33 bits per heavy atom. The minimum absolute atomic E-state index is 0.384. The smallest absolute Gasteiger partial charge is 0.0900 e. The van der Waals surface area contributed by atoms with Crippen LogP contribution in [0.3, 0.4) is 0 Å². The number of aliphatic hydroxyl groups excluding tert-OH is 1. The molecule has 0 aliphatic heterocycles. The first-order chi connectivity index (χ1) is 8.72. The van der Waals surface area contributed by atoms with Crippen molar-refractivity contribution < 1.29 is 9.84 Å². The predicted molar refractivity (Wildman–Crippen MR) is 74.5 cm³/mol. The normalized spacial score (nSPS) is 26.5. The van der Waals surface area contributed by atoms with Gasteiger partial charge in [0.05, 0.1) is 12.7 Å². The number of ether oxygens (including phenoxy) is 1. The number of hydrogen-bond acceptors (Lipinski definition) is 4. The van der Waals surface area contributed by atoms with E-state index in [0.717, 1.165) is 13.1 Å². The first kappa shape index (κ1) is 15.9. The summed E-state index contributed by atoms with van der Waals surface area (Å²) in [5, 5.41) is 9.97. The van der Waals surface area contributed by atoms with E-state index in [0.29, 0.717) is 31.7 Å². The van der Waals surface area contributed by atoms with Crippen molar-refractivity contribution in [3.63, 3.8) is 0 Å². The van der Waals surface area contributed by atoms with Crippen LogP contribution in [0.1, 0.15) is 39.5 Å². The zero-order valence-electron chi connectivity index (χ0n) is 12.0. The van der Waals surface area contributed by atoms with Gasteiger partial charge in [-0.3, -0.25) is 4.90 Å². The summed E-state index contributed by atoms with van der Waals surface area (Å²) in [6.07, 6.45) is 4.66. The molecular weight excluding hydrogens is 228 g/mol. The van der Waals surface area contributed by atoms with Gasteiger partial charge >= 0.3 is 0 Å². The van der Waals surface area contributed by atoms with Crippen LogP contribution in [0.15, 0.2) is 0 Å². The maximum absolute atomic E-state index is 9.97. The summed E-state index contributed by atoms with van der Waals surface area (Å²) in [6.45, 7) is 7.67.